The van der Waals surface area contributed by atoms with Gasteiger partial charge in [-0.25, -0.2) is 0 Å². The number of furan rings is 1. The van der Waals surface area contributed by atoms with E-state index in [4.69, 9.17) is 9.15 Å². The Labute approximate surface area is 179 Å². The number of para-hydroxylation sites is 1. The molecule has 0 aliphatic heterocycles. The third-order valence-electron chi connectivity index (χ3n) is 4.58. The number of hydrogen-bond donors (Lipinski definition) is 1. The van der Waals surface area contributed by atoms with Gasteiger partial charge in [-0.3, -0.25) is 14.4 Å². The summed E-state index contributed by atoms with van der Waals surface area (Å²) in [6, 6.07) is 16.3. The number of carbonyl (C=O) groups is 3. The molecule has 1 unspecified atom stereocenters. The number of thioether (sulfide) groups is 1. The lowest BCUT2D eigenvalue weighted by atomic mass is 10.1. The molecule has 30 heavy (non-hydrogen) atoms. The van der Waals surface area contributed by atoms with Crippen molar-refractivity contribution in [3.8, 4) is 0 Å². The molecule has 6 nitrogen and oxygen atoms in total. The molecule has 2 aromatic carbocycles. The highest BCUT2D eigenvalue weighted by atomic mass is 32.2. The van der Waals surface area contributed by atoms with Gasteiger partial charge in [0, 0.05) is 22.3 Å². The second-order valence-corrected chi connectivity index (χ2v) is 7.67. The molecule has 0 fully saturated rings. The average molecular weight is 426 g/mol. The van der Waals surface area contributed by atoms with Crippen molar-refractivity contribution in [2.24, 2.45) is 0 Å². The second kappa shape index (κ2) is 10.1. The van der Waals surface area contributed by atoms with Gasteiger partial charge in [-0.15, -0.1) is 11.8 Å². The Hall–Kier alpha value is -3.06. The summed E-state index contributed by atoms with van der Waals surface area (Å²) in [5.74, 6) is -0.539. The normalized spacial score (nSPS) is 11.8. The Bertz CT molecular complexity index is 1010. The highest BCUT2D eigenvalue weighted by Gasteiger charge is 2.16. The van der Waals surface area contributed by atoms with Crippen LogP contribution in [0.4, 0.5) is 0 Å². The van der Waals surface area contributed by atoms with Crippen molar-refractivity contribution in [2.45, 2.75) is 30.7 Å². The summed E-state index contributed by atoms with van der Waals surface area (Å²) in [4.78, 5) is 37.2. The van der Waals surface area contributed by atoms with E-state index >= 15 is 0 Å². The van der Waals surface area contributed by atoms with Crippen molar-refractivity contribution in [2.75, 3.05) is 12.9 Å². The van der Waals surface area contributed by atoms with Gasteiger partial charge in [0.1, 0.15) is 11.3 Å². The quantitative estimate of drug-likeness (QED) is 0.308. The molecule has 0 saturated heterocycles. The van der Waals surface area contributed by atoms with Crippen LogP contribution in [0.5, 0.6) is 0 Å². The van der Waals surface area contributed by atoms with E-state index in [1.807, 2.05) is 48.7 Å². The molecule has 0 bridgehead atoms. The summed E-state index contributed by atoms with van der Waals surface area (Å²) in [6.07, 6.45) is 1.92. The van der Waals surface area contributed by atoms with Gasteiger partial charge in [0.25, 0.3) is 5.91 Å². The lowest BCUT2D eigenvalue weighted by Crippen LogP contribution is -2.31. The third kappa shape index (κ3) is 5.73. The molecule has 0 spiro atoms. The van der Waals surface area contributed by atoms with E-state index in [9.17, 15) is 14.4 Å². The number of benzene rings is 2. The van der Waals surface area contributed by atoms with Crippen molar-refractivity contribution < 1.29 is 23.5 Å². The summed E-state index contributed by atoms with van der Waals surface area (Å²) in [5, 5.41) is 3.69. The first-order chi connectivity index (χ1) is 14.5. The molecule has 156 valence electrons. The molecular weight excluding hydrogens is 402 g/mol. The molecule has 1 heterocycles. The highest BCUT2D eigenvalue weighted by molar-refractivity contribution is 7.98. The first kappa shape index (κ1) is 21.6. The number of ether oxygens (including phenoxy) is 1. The van der Waals surface area contributed by atoms with Gasteiger partial charge >= 0.3 is 5.97 Å². The fourth-order valence-electron chi connectivity index (χ4n) is 2.93. The van der Waals surface area contributed by atoms with Crippen LogP contribution in [0.2, 0.25) is 0 Å². The Kier molecular flexibility index (Phi) is 7.30. The van der Waals surface area contributed by atoms with E-state index in [0.29, 0.717) is 11.3 Å². The van der Waals surface area contributed by atoms with Crippen LogP contribution < -0.4 is 5.32 Å². The first-order valence-corrected chi connectivity index (χ1v) is 10.8. The number of nitrogens with one attached hydrogen (secondary N) is 1. The summed E-state index contributed by atoms with van der Waals surface area (Å²) >= 11 is 1.59. The summed E-state index contributed by atoms with van der Waals surface area (Å²) in [6.45, 7) is 1.39. The zero-order valence-corrected chi connectivity index (χ0v) is 17.7. The van der Waals surface area contributed by atoms with Crippen LogP contribution in [-0.2, 0) is 14.3 Å². The van der Waals surface area contributed by atoms with Crippen LogP contribution in [0.25, 0.3) is 11.0 Å². The van der Waals surface area contributed by atoms with Gasteiger partial charge in [0.2, 0.25) is 0 Å². The lowest BCUT2D eigenvalue weighted by Gasteiger charge is -2.11. The van der Waals surface area contributed by atoms with Gasteiger partial charge in [0.05, 0.1) is 12.5 Å². The summed E-state index contributed by atoms with van der Waals surface area (Å²) in [7, 11) is 0. The largest absolute Gasteiger partial charge is 0.459 e. The standard InChI is InChI=1S/C23H23NO5S/c1-15(21-13-17-5-3-4-6-20(17)29-21)24-22(26)14-28-23(27)12-11-19(25)16-7-9-18(30-2)10-8-16/h3-10,13,15H,11-12,14H2,1-2H3,(H,24,26). The number of amides is 1. The Morgan fingerprint density at radius 2 is 1.80 bits per heavy atom. The van der Waals surface area contributed by atoms with Crippen LogP contribution >= 0.6 is 11.8 Å². The molecule has 1 atom stereocenters. The van der Waals surface area contributed by atoms with Crippen LogP contribution in [-0.4, -0.2) is 30.5 Å². The Morgan fingerprint density at radius 3 is 2.50 bits per heavy atom. The molecule has 3 rings (SSSR count). The van der Waals surface area contributed by atoms with Gasteiger partial charge in [-0.1, -0.05) is 30.3 Å². The Morgan fingerprint density at radius 1 is 1.07 bits per heavy atom. The number of fused-ring (bicyclic) bond motifs is 1. The fraction of sp³-hybridized carbons (Fsp3) is 0.261. The van der Waals surface area contributed by atoms with Gasteiger partial charge in [-0.05, 0) is 37.4 Å². The van der Waals surface area contributed by atoms with Crippen LogP contribution in [0.15, 0.2) is 63.9 Å². The Balaban J connectivity index is 1.41. The van der Waals surface area contributed by atoms with E-state index in [0.717, 1.165) is 15.9 Å². The predicted molar refractivity (Wildman–Crippen MR) is 116 cm³/mol. The predicted octanol–water partition coefficient (Wildman–Crippen LogP) is 4.54. The van der Waals surface area contributed by atoms with Gasteiger partial charge < -0.3 is 14.5 Å². The molecule has 1 aromatic heterocycles. The van der Waals surface area contributed by atoms with Crippen molar-refractivity contribution in [1.82, 2.24) is 5.32 Å². The molecular formula is C23H23NO5S. The monoisotopic (exact) mass is 425 g/mol. The maximum Gasteiger partial charge on any atom is 0.306 e. The maximum atomic E-state index is 12.2. The maximum absolute atomic E-state index is 12.2. The molecule has 0 saturated carbocycles. The number of carbonyl (C=O) groups excluding carboxylic acids is 3. The van der Waals surface area contributed by atoms with Gasteiger partial charge in [-0.2, -0.15) is 0 Å². The van der Waals surface area contributed by atoms with Gasteiger partial charge in [0.15, 0.2) is 12.4 Å². The van der Waals surface area contributed by atoms with E-state index in [1.165, 1.54) is 0 Å². The number of Topliss-reactive ketones (excluding diaryl/α,β-unsaturated/α-hetero) is 1. The number of ketones is 1. The minimum atomic E-state index is -0.587. The third-order valence-corrected chi connectivity index (χ3v) is 5.32. The van der Waals surface area contributed by atoms with Crippen LogP contribution in [0.1, 0.15) is 41.9 Å². The molecule has 1 N–H and O–H groups in total. The van der Waals surface area contributed by atoms with Crippen molar-refractivity contribution in [3.05, 3.63) is 65.9 Å². The van der Waals surface area contributed by atoms with E-state index in [1.54, 1.807) is 30.8 Å². The molecule has 7 heteroatoms. The fourth-order valence-corrected chi connectivity index (χ4v) is 3.33. The topological polar surface area (TPSA) is 85.6 Å². The minimum absolute atomic E-state index is 0.0362. The first-order valence-electron chi connectivity index (χ1n) is 9.57. The number of esters is 1. The smallest absolute Gasteiger partial charge is 0.306 e. The van der Waals surface area contributed by atoms with E-state index in [2.05, 4.69) is 5.32 Å². The van der Waals surface area contributed by atoms with Crippen molar-refractivity contribution in [1.29, 1.82) is 0 Å². The zero-order chi connectivity index (χ0) is 21.5. The second-order valence-electron chi connectivity index (χ2n) is 6.79. The van der Waals surface area contributed by atoms with Crippen molar-refractivity contribution in [3.63, 3.8) is 0 Å². The molecule has 3 aromatic rings. The van der Waals surface area contributed by atoms with E-state index in [-0.39, 0.29) is 24.7 Å². The lowest BCUT2D eigenvalue weighted by molar-refractivity contribution is -0.148. The molecule has 0 radical (unpaired) electrons. The number of hydrogen-bond acceptors (Lipinski definition) is 6. The van der Waals surface area contributed by atoms with Crippen LogP contribution in [0.3, 0.4) is 0 Å². The minimum Gasteiger partial charge on any atom is -0.459 e. The zero-order valence-electron chi connectivity index (χ0n) is 16.8. The van der Waals surface area contributed by atoms with Crippen molar-refractivity contribution >= 4 is 40.4 Å². The average Bonchev–Trinajstić information content (AvgIpc) is 3.20. The molecule has 1 amide bonds. The highest BCUT2D eigenvalue weighted by Crippen LogP contribution is 2.23. The SMILES string of the molecule is CSc1ccc(C(=O)CCC(=O)OCC(=O)NC(C)c2cc3ccccc3o2)cc1. The van der Waals surface area contributed by atoms with E-state index < -0.39 is 18.5 Å². The summed E-state index contributed by atoms with van der Waals surface area (Å²) < 4.78 is 10.7. The summed E-state index contributed by atoms with van der Waals surface area (Å²) in [5.41, 5.74) is 1.30. The molecule has 0 aliphatic rings. The van der Waals surface area contributed by atoms with Crippen LogP contribution in [0, 0.1) is 0 Å². The number of rotatable bonds is 9. The molecule has 0 aliphatic carbocycles.